The van der Waals surface area contributed by atoms with E-state index >= 15 is 0 Å². The van der Waals surface area contributed by atoms with Crippen molar-refractivity contribution in [2.45, 2.75) is 26.4 Å². The summed E-state index contributed by atoms with van der Waals surface area (Å²) in [7, 11) is -2.08. The van der Waals surface area contributed by atoms with Gasteiger partial charge >= 0.3 is 5.69 Å². The van der Waals surface area contributed by atoms with Crippen LogP contribution >= 0.6 is 0 Å². The van der Waals surface area contributed by atoms with E-state index in [-0.39, 0.29) is 24.5 Å². The average molecular weight is 381 g/mol. The fourth-order valence-corrected chi connectivity index (χ4v) is 2.99. The molecule has 10 heteroatoms. The Kier molecular flexibility index (Phi) is 6.70. The van der Waals surface area contributed by atoms with Crippen molar-refractivity contribution in [2.75, 3.05) is 19.3 Å². The van der Waals surface area contributed by atoms with Gasteiger partial charge in [-0.05, 0) is 26.0 Å². The molecule has 0 unspecified atom stereocenters. The highest BCUT2D eigenvalue weighted by atomic mass is 32.2. The number of hydrogen-bond donors (Lipinski definition) is 2. The van der Waals surface area contributed by atoms with Gasteiger partial charge in [0.25, 0.3) is 0 Å². The molecule has 0 fully saturated rings. The van der Waals surface area contributed by atoms with Crippen molar-refractivity contribution in [3.05, 3.63) is 52.2 Å². The molecule has 2 rings (SSSR count). The van der Waals surface area contributed by atoms with Crippen molar-refractivity contribution < 1.29 is 13.2 Å². The molecule has 0 aliphatic heterocycles. The van der Waals surface area contributed by atoms with Crippen LogP contribution in [0.5, 0.6) is 0 Å². The first-order valence-corrected chi connectivity index (χ1v) is 9.83. The molecule has 1 aromatic heterocycles. The average Bonchev–Trinajstić information content (AvgIpc) is 2.87. The Morgan fingerprint density at radius 2 is 1.92 bits per heavy atom. The molecule has 0 aliphatic rings. The van der Waals surface area contributed by atoms with E-state index in [4.69, 9.17) is 0 Å². The summed E-state index contributed by atoms with van der Waals surface area (Å²) >= 11 is 0. The van der Waals surface area contributed by atoms with Gasteiger partial charge in [-0.25, -0.2) is 22.6 Å². The van der Waals surface area contributed by atoms with Crippen LogP contribution in [0.15, 0.2) is 35.1 Å². The summed E-state index contributed by atoms with van der Waals surface area (Å²) in [4.78, 5) is 24.3. The zero-order chi connectivity index (χ0) is 19.2. The number of hydrogen-bond acceptors (Lipinski definition) is 5. The van der Waals surface area contributed by atoms with Gasteiger partial charge in [0.05, 0.1) is 5.75 Å². The number of carbonyl (C=O) groups is 1. The summed E-state index contributed by atoms with van der Waals surface area (Å²) in [6.45, 7) is 1.89. The third-order valence-corrected chi connectivity index (χ3v) is 5.24. The zero-order valence-corrected chi connectivity index (χ0v) is 15.6. The summed E-state index contributed by atoms with van der Waals surface area (Å²) in [5, 5.41) is 6.58. The van der Waals surface area contributed by atoms with E-state index < -0.39 is 15.9 Å². The lowest BCUT2D eigenvalue weighted by Crippen LogP contribution is -2.37. The standard InChI is InChI=1S/C16H23N5O4S/c1-13-19-21(12-15(22)18-9-11-26(24,25)17-2)16(23)20(13)10-8-14-6-4-3-5-7-14/h3-7,17H,8-12H2,1-2H3,(H,18,22). The van der Waals surface area contributed by atoms with Crippen molar-refractivity contribution in [3.8, 4) is 0 Å². The van der Waals surface area contributed by atoms with E-state index in [1.807, 2.05) is 30.3 Å². The molecule has 0 radical (unpaired) electrons. The Morgan fingerprint density at radius 1 is 1.23 bits per heavy atom. The van der Waals surface area contributed by atoms with Gasteiger partial charge < -0.3 is 5.32 Å². The molecule has 2 aromatic rings. The van der Waals surface area contributed by atoms with E-state index in [1.54, 1.807) is 6.92 Å². The largest absolute Gasteiger partial charge is 0.353 e. The SMILES string of the molecule is CNS(=O)(=O)CCNC(=O)Cn1nc(C)n(CCc2ccccc2)c1=O. The number of rotatable bonds is 9. The van der Waals surface area contributed by atoms with Crippen molar-refractivity contribution in [1.82, 2.24) is 24.4 Å². The number of carbonyl (C=O) groups excluding carboxylic acids is 1. The summed E-state index contributed by atoms with van der Waals surface area (Å²) < 4.78 is 27.4. The second kappa shape index (κ2) is 8.77. The van der Waals surface area contributed by atoms with E-state index in [2.05, 4.69) is 15.1 Å². The van der Waals surface area contributed by atoms with Crippen LogP contribution in [0.25, 0.3) is 0 Å². The van der Waals surface area contributed by atoms with Crippen LogP contribution in [0.4, 0.5) is 0 Å². The number of nitrogens with one attached hydrogen (secondary N) is 2. The molecule has 0 saturated heterocycles. The highest BCUT2D eigenvalue weighted by Crippen LogP contribution is 2.02. The number of benzene rings is 1. The molecule has 0 spiro atoms. The van der Waals surface area contributed by atoms with Crippen LogP contribution in [-0.4, -0.2) is 48.0 Å². The fourth-order valence-electron chi connectivity index (χ4n) is 2.41. The molecule has 26 heavy (non-hydrogen) atoms. The third kappa shape index (κ3) is 5.53. The Hall–Kier alpha value is -2.46. The maximum absolute atomic E-state index is 12.4. The van der Waals surface area contributed by atoms with Crippen LogP contribution in [0.3, 0.4) is 0 Å². The summed E-state index contributed by atoms with van der Waals surface area (Å²) in [6.07, 6.45) is 0.682. The van der Waals surface area contributed by atoms with Crippen molar-refractivity contribution in [1.29, 1.82) is 0 Å². The van der Waals surface area contributed by atoms with Gasteiger partial charge in [0.15, 0.2) is 0 Å². The van der Waals surface area contributed by atoms with Crippen molar-refractivity contribution in [2.24, 2.45) is 0 Å². The summed E-state index contributed by atoms with van der Waals surface area (Å²) in [5.41, 5.74) is 0.742. The van der Waals surface area contributed by atoms with Crippen molar-refractivity contribution >= 4 is 15.9 Å². The highest BCUT2D eigenvalue weighted by Gasteiger charge is 2.14. The lowest BCUT2D eigenvalue weighted by atomic mass is 10.1. The van der Waals surface area contributed by atoms with Crippen LogP contribution in [0.2, 0.25) is 0 Å². The predicted octanol–water partition coefficient (Wildman–Crippen LogP) is -0.739. The molecule has 9 nitrogen and oxygen atoms in total. The van der Waals surface area contributed by atoms with Gasteiger partial charge in [-0.3, -0.25) is 9.36 Å². The highest BCUT2D eigenvalue weighted by molar-refractivity contribution is 7.89. The minimum Gasteiger partial charge on any atom is -0.353 e. The summed E-state index contributed by atoms with van der Waals surface area (Å²) in [6, 6.07) is 9.77. The number of sulfonamides is 1. The number of amides is 1. The Labute approximate surface area is 152 Å². The van der Waals surface area contributed by atoms with E-state index in [0.29, 0.717) is 18.8 Å². The molecule has 2 N–H and O–H groups in total. The number of aryl methyl sites for hydroxylation is 2. The minimum atomic E-state index is -3.39. The lowest BCUT2D eigenvalue weighted by Gasteiger charge is -2.05. The van der Waals surface area contributed by atoms with Gasteiger partial charge in [-0.1, -0.05) is 30.3 Å². The van der Waals surface area contributed by atoms with Gasteiger partial charge in [0.2, 0.25) is 15.9 Å². The molecule has 1 amide bonds. The van der Waals surface area contributed by atoms with Gasteiger partial charge in [0, 0.05) is 13.1 Å². The molecular weight excluding hydrogens is 358 g/mol. The van der Waals surface area contributed by atoms with Crippen molar-refractivity contribution in [3.63, 3.8) is 0 Å². The normalized spacial score (nSPS) is 11.5. The number of aromatic nitrogens is 3. The first-order chi connectivity index (χ1) is 12.3. The van der Waals surface area contributed by atoms with Crippen LogP contribution in [0, 0.1) is 6.92 Å². The molecule has 0 bridgehead atoms. The minimum absolute atomic E-state index is 0.0372. The first kappa shape index (κ1) is 19.9. The second-order valence-electron chi connectivity index (χ2n) is 5.75. The number of nitrogens with zero attached hydrogens (tertiary/aromatic N) is 3. The molecular formula is C16H23N5O4S. The summed E-state index contributed by atoms with van der Waals surface area (Å²) in [5.74, 6) is -0.170. The smallest absolute Gasteiger partial charge is 0.346 e. The lowest BCUT2D eigenvalue weighted by molar-refractivity contribution is -0.121. The molecule has 0 aliphatic carbocycles. The Balaban J connectivity index is 1.94. The Morgan fingerprint density at radius 3 is 2.58 bits per heavy atom. The van der Waals surface area contributed by atoms with E-state index in [9.17, 15) is 18.0 Å². The van der Waals surface area contributed by atoms with Gasteiger partial charge in [0.1, 0.15) is 12.4 Å². The second-order valence-corrected chi connectivity index (χ2v) is 7.79. The monoisotopic (exact) mass is 381 g/mol. The zero-order valence-electron chi connectivity index (χ0n) is 14.8. The quantitative estimate of drug-likeness (QED) is 0.594. The van der Waals surface area contributed by atoms with Crippen LogP contribution in [0.1, 0.15) is 11.4 Å². The van der Waals surface area contributed by atoms with E-state index in [0.717, 1.165) is 10.2 Å². The molecule has 142 valence electrons. The molecule has 1 heterocycles. The van der Waals surface area contributed by atoms with E-state index in [1.165, 1.54) is 11.6 Å². The first-order valence-electron chi connectivity index (χ1n) is 8.18. The third-order valence-electron chi connectivity index (χ3n) is 3.87. The molecule has 0 saturated carbocycles. The van der Waals surface area contributed by atoms with Crippen LogP contribution in [-0.2, 0) is 34.3 Å². The molecule has 0 atom stereocenters. The Bertz CT molecular complexity index is 902. The maximum atomic E-state index is 12.4. The molecule has 1 aromatic carbocycles. The van der Waals surface area contributed by atoms with Crippen LogP contribution < -0.4 is 15.7 Å². The van der Waals surface area contributed by atoms with Gasteiger partial charge in [-0.2, -0.15) is 5.10 Å². The maximum Gasteiger partial charge on any atom is 0.346 e. The topological polar surface area (TPSA) is 115 Å². The van der Waals surface area contributed by atoms with Gasteiger partial charge in [-0.15, -0.1) is 0 Å². The fraction of sp³-hybridized carbons (Fsp3) is 0.438. The predicted molar refractivity (Wildman–Crippen MR) is 97.2 cm³/mol.